The molecular weight excluding hydrogens is 280 g/mol. The maximum Gasteiger partial charge on any atom is 0.0266 e. The quantitative estimate of drug-likeness (QED) is 0.896. The van der Waals surface area contributed by atoms with E-state index in [4.69, 9.17) is 0 Å². The molecule has 0 saturated carbocycles. The second-order valence-electron chi connectivity index (χ2n) is 6.95. The van der Waals surface area contributed by atoms with Gasteiger partial charge in [-0.2, -0.15) is 0 Å². The zero-order valence-electron chi connectivity index (χ0n) is 14.3. The van der Waals surface area contributed by atoms with E-state index in [0.29, 0.717) is 18.0 Å². The molecule has 1 heterocycles. The smallest absolute Gasteiger partial charge is 0.0266 e. The van der Waals surface area contributed by atoms with Gasteiger partial charge in [-0.1, -0.05) is 74.5 Å². The standard InChI is InChI=1S/C21H28N2/c1-17(2)22-21-16-23(15-18-9-5-3-6-10-18)14-13-20(21)19-11-7-4-8-12-19/h3-12,17,20-22H,13-16H2,1-2H3/t20-,21+/m1/s1. The molecule has 1 saturated heterocycles. The highest BCUT2D eigenvalue weighted by atomic mass is 15.2. The van der Waals surface area contributed by atoms with Crippen LogP contribution in [0.1, 0.15) is 37.3 Å². The maximum atomic E-state index is 3.80. The molecule has 3 rings (SSSR count). The third-order valence-electron chi connectivity index (χ3n) is 4.72. The molecule has 2 aromatic carbocycles. The lowest BCUT2D eigenvalue weighted by atomic mass is 9.84. The summed E-state index contributed by atoms with van der Waals surface area (Å²) in [6, 6.07) is 22.9. The average Bonchev–Trinajstić information content (AvgIpc) is 2.56. The van der Waals surface area contributed by atoms with E-state index in [1.165, 1.54) is 24.1 Å². The molecule has 0 spiro atoms. The minimum absolute atomic E-state index is 0.517. The molecule has 0 aliphatic carbocycles. The van der Waals surface area contributed by atoms with Gasteiger partial charge in [-0.05, 0) is 24.1 Å². The number of hydrogen-bond acceptors (Lipinski definition) is 2. The second kappa shape index (κ2) is 7.76. The van der Waals surface area contributed by atoms with Gasteiger partial charge in [-0.25, -0.2) is 0 Å². The zero-order valence-corrected chi connectivity index (χ0v) is 14.3. The first-order chi connectivity index (χ1) is 11.2. The summed E-state index contributed by atoms with van der Waals surface area (Å²) in [7, 11) is 0. The molecule has 2 aromatic rings. The monoisotopic (exact) mass is 308 g/mol. The van der Waals surface area contributed by atoms with Gasteiger partial charge >= 0.3 is 0 Å². The van der Waals surface area contributed by atoms with Crippen LogP contribution in [0.2, 0.25) is 0 Å². The second-order valence-corrected chi connectivity index (χ2v) is 6.95. The van der Waals surface area contributed by atoms with E-state index < -0.39 is 0 Å². The molecule has 1 aliphatic rings. The summed E-state index contributed by atoms with van der Waals surface area (Å²) in [6.07, 6.45) is 1.22. The van der Waals surface area contributed by atoms with Crippen molar-refractivity contribution in [3.63, 3.8) is 0 Å². The van der Waals surface area contributed by atoms with Crippen LogP contribution >= 0.6 is 0 Å². The van der Waals surface area contributed by atoms with Crippen molar-refractivity contribution in [2.45, 2.75) is 44.8 Å². The van der Waals surface area contributed by atoms with Gasteiger partial charge in [0.1, 0.15) is 0 Å². The Morgan fingerprint density at radius 1 is 1.00 bits per heavy atom. The molecule has 1 aliphatic heterocycles. The predicted molar refractivity (Wildman–Crippen MR) is 97.6 cm³/mol. The number of likely N-dealkylation sites (tertiary alicyclic amines) is 1. The molecule has 0 amide bonds. The highest BCUT2D eigenvalue weighted by molar-refractivity contribution is 5.23. The van der Waals surface area contributed by atoms with E-state index >= 15 is 0 Å². The summed E-state index contributed by atoms with van der Waals surface area (Å²) < 4.78 is 0. The van der Waals surface area contributed by atoms with Crippen molar-refractivity contribution in [1.82, 2.24) is 10.2 Å². The van der Waals surface area contributed by atoms with Gasteiger partial charge in [0.2, 0.25) is 0 Å². The van der Waals surface area contributed by atoms with Crippen LogP contribution in [0, 0.1) is 0 Å². The Hall–Kier alpha value is -1.64. The number of hydrogen-bond donors (Lipinski definition) is 1. The minimum Gasteiger partial charge on any atom is -0.310 e. The van der Waals surface area contributed by atoms with Gasteiger partial charge in [-0.15, -0.1) is 0 Å². The third kappa shape index (κ3) is 4.43. The molecule has 1 N–H and O–H groups in total. The molecule has 0 bridgehead atoms. The van der Waals surface area contributed by atoms with Crippen LogP contribution in [-0.2, 0) is 6.54 Å². The number of rotatable bonds is 5. The fourth-order valence-corrected chi connectivity index (χ4v) is 3.70. The van der Waals surface area contributed by atoms with Crippen molar-refractivity contribution in [1.29, 1.82) is 0 Å². The molecule has 0 unspecified atom stereocenters. The van der Waals surface area contributed by atoms with Crippen LogP contribution in [0.5, 0.6) is 0 Å². The first-order valence-corrected chi connectivity index (χ1v) is 8.79. The Bertz CT molecular complexity index is 579. The Morgan fingerprint density at radius 3 is 2.30 bits per heavy atom. The normalized spacial score (nSPS) is 22.4. The summed E-state index contributed by atoms with van der Waals surface area (Å²) in [4.78, 5) is 2.59. The van der Waals surface area contributed by atoms with Gasteiger partial charge in [0.25, 0.3) is 0 Å². The van der Waals surface area contributed by atoms with Crippen molar-refractivity contribution in [3.05, 3.63) is 71.8 Å². The Morgan fingerprint density at radius 2 is 1.65 bits per heavy atom. The van der Waals surface area contributed by atoms with Gasteiger partial charge < -0.3 is 5.32 Å². The van der Waals surface area contributed by atoms with Crippen LogP contribution < -0.4 is 5.32 Å². The van der Waals surface area contributed by atoms with Gasteiger partial charge in [0.15, 0.2) is 0 Å². The van der Waals surface area contributed by atoms with E-state index in [1.807, 2.05) is 0 Å². The number of nitrogens with one attached hydrogen (secondary N) is 1. The lowest BCUT2D eigenvalue weighted by Gasteiger charge is -2.40. The van der Waals surface area contributed by atoms with Crippen LogP contribution in [0.25, 0.3) is 0 Å². The Kier molecular flexibility index (Phi) is 5.47. The SMILES string of the molecule is CC(C)N[C@H]1CN(Cc2ccccc2)CC[C@@H]1c1ccccc1. The van der Waals surface area contributed by atoms with Gasteiger partial charge in [0.05, 0.1) is 0 Å². The van der Waals surface area contributed by atoms with Crippen LogP contribution in [0.4, 0.5) is 0 Å². The Balaban J connectivity index is 1.70. The summed E-state index contributed by atoms with van der Waals surface area (Å²) in [5.41, 5.74) is 2.89. The minimum atomic E-state index is 0.517. The highest BCUT2D eigenvalue weighted by Gasteiger charge is 2.30. The van der Waals surface area contributed by atoms with Crippen LogP contribution in [0.3, 0.4) is 0 Å². The first-order valence-electron chi connectivity index (χ1n) is 8.79. The van der Waals surface area contributed by atoms with E-state index in [1.54, 1.807) is 0 Å². The predicted octanol–water partition coefficient (Wildman–Crippen LogP) is 4.04. The lowest BCUT2D eigenvalue weighted by molar-refractivity contribution is 0.159. The van der Waals surface area contributed by atoms with E-state index in [-0.39, 0.29) is 0 Å². The summed E-state index contributed by atoms with van der Waals surface area (Å²) in [5.74, 6) is 0.616. The molecule has 1 fully saturated rings. The number of benzene rings is 2. The van der Waals surface area contributed by atoms with Gasteiger partial charge in [-0.3, -0.25) is 4.90 Å². The summed E-state index contributed by atoms with van der Waals surface area (Å²) in [6.45, 7) is 7.84. The van der Waals surface area contributed by atoms with E-state index in [9.17, 15) is 0 Å². The third-order valence-corrected chi connectivity index (χ3v) is 4.72. The molecule has 2 heteroatoms. The topological polar surface area (TPSA) is 15.3 Å². The fraction of sp³-hybridized carbons (Fsp3) is 0.429. The van der Waals surface area contributed by atoms with E-state index in [2.05, 4.69) is 84.7 Å². The highest BCUT2D eigenvalue weighted by Crippen LogP contribution is 2.29. The van der Waals surface area contributed by atoms with Crippen molar-refractivity contribution < 1.29 is 0 Å². The van der Waals surface area contributed by atoms with E-state index in [0.717, 1.165) is 13.1 Å². The summed E-state index contributed by atoms with van der Waals surface area (Å²) >= 11 is 0. The average molecular weight is 308 g/mol. The fourth-order valence-electron chi connectivity index (χ4n) is 3.70. The van der Waals surface area contributed by atoms with Crippen molar-refractivity contribution in [3.8, 4) is 0 Å². The number of piperidine rings is 1. The summed E-state index contributed by atoms with van der Waals surface area (Å²) in [5, 5.41) is 3.80. The van der Waals surface area contributed by atoms with Crippen molar-refractivity contribution >= 4 is 0 Å². The first kappa shape index (κ1) is 16.2. The Labute approximate surface area is 140 Å². The molecular formula is C21H28N2. The molecule has 0 radical (unpaired) electrons. The molecule has 0 aromatic heterocycles. The van der Waals surface area contributed by atoms with Crippen LogP contribution in [0.15, 0.2) is 60.7 Å². The lowest BCUT2D eigenvalue weighted by Crippen LogP contribution is -2.51. The molecule has 122 valence electrons. The largest absolute Gasteiger partial charge is 0.310 e. The van der Waals surface area contributed by atoms with Crippen molar-refractivity contribution in [2.24, 2.45) is 0 Å². The van der Waals surface area contributed by atoms with Crippen LogP contribution in [-0.4, -0.2) is 30.1 Å². The van der Waals surface area contributed by atoms with Crippen molar-refractivity contribution in [2.75, 3.05) is 13.1 Å². The molecule has 2 atom stereocenters. The zero-order chi connectivity index (χ0) is 16.1. The molecule has 2 nitrogen and oxygen atoms in total. The number of nitrogens with zero attached hydrogens (tertiary/aromatic N) is 1. The van der Waals surface area contributed by atoms with Gasteiger partial charge in [0, 0.05) is 31.1 Å². The molecule has 23 heavy (non-hydrogen) atoms. The maximum absolute atomic E-state index is 3.80.